The van der Waals surface area contributed by atoms with Crippen LogP contribution in [0.5, 0.6) is 0 Å². The zero-order chi connectivity index (χ0) is 12.2. The summed E-state index contributed by atoms with van der Waals surface area (Å²) in [6, 6.07) is 0. The van der Waals surface area contributed by atoms with Gasteiger partial charge in [0.05, 0.1) is 6.33 Å². The zero-order valence-electron chi connectivity index (χ0n) is 10.5. The van der Waals surface area contributed by atoms with Crippen molar-refractivity contribution in [2.75, 3.05) is 6.54 Å². The Morgan fingerprint density at radius 3 is 2.81 bits per heavy atom. The summed E-state index contributed by atoms with van der Waals surface area (Å²) in [5, 5.41) is 2.87. The van der Waals surface area contributed by atoms with Gasteiger partial charge in [0, 0.05) is 31.3 Å². The van der Waals surface area contributed by atoms with Crippen LogP contribution in [-0.2, 0) is 11.2 Å². The van der Waals surface area contributed by atoms with Gasteiger partial charge >= 0.3 is 0 Å². The Labute approximate surface area is 97.9 Å². The molecule has 0 aliphatic rings. The maximum absolute atomic E-state index is 11.2. The maximum Gasteiger partial charge on any atom is 0.220 e. The molecular formula is C12H23N3O. The van der Waals surface area contributed by atoms with Gasteiger partial charge < -0.3 is 10.3 Å². The normalized spacial score (nSPS) is 9.19. The molecule has 0 atom stereocenters. The molecule has 2 N–H and O–H groups in total. The molecule has 0 spiro atoms. The van der Waals surface area contributed by atoms with E-state index >= 15 is 0 Å². The van der Waals surface area contributed by atoms with Crippen LogP contribution in [0.25, 0.3) is 0 Å². The summed E-state index contributed by atoms with van der Waals surface area (Å²) < 4.78 is 0. The number of hydrogen-bond donors (Lipinski definition) is 2. The molecule has 0 radical (unpaired) electrons. The standard InChI is InChI=1S/C10H17N3O.C2H6/c1-2-3-4-10(14)12-6-5-9-7-11-8-13-9;1-2/h7-8H,2-6H2,1H3,(H,11,13)(H,12,14);1-2H3. The van der Waals surface area contributed by atoms with Gasteiger partial charge in [-0.1, -0.05) is 27.2 Å². The average molecular weight is 225 g/mol. The Morgan fingerprint density at radius 1 is 1.50 bits per heavy atom. The third-order valence-corrected chi connectivity index (χ3v) is 2.03. The molecule has 16 heavy (non-hydrogen) atoms. The molecule has 1 amide bonds. The minimum absolute atomic E-state index is 0.145. The first-order chi connectivity index (χ1) is 7.83. The molecule has 0 aliphatic carbocycles. The molecule has 1 heterocycles. The smallest absolute Gasteiger partial charge is 0.220 e. The predicted octanol–water partition coefficient (Wildman–Crippen LogP) is 2.28. The van der Waals surface area contributed by atoms with Crippen LogP contribution < -0.4 is 5.32 Å². The van der Waals surface area contributed by atoms with Gasteiger partial charge in [-0.15, -0.1) is 0 Å². The Morgan fingerprint density at radius 2 is 2.25 bits per heavy atom. The number of carbonyl (C=O) groups excluding carboxylic acids is 1. The quantitative estimate of drug-likeness (QED) is 0.780. The number of amides is 1. The number of carbonyl (C=O) groups is 1. The summed E-state index contributed by atoms with van der Waals surface area (Å²) in [6.45, 7) is 6.77. The number of H-pyrrole nitrogens is 1. The number of aromatic nitrogens is 2. The Kier molecular flexibility index (Phi) is 9.36. The fourth-order valence-corrected chi connectivity index (χ4v) is 1.18. The molecule has 4 nitrogen and oxygen atoms in total. The second kappa shape index (κ2) is 10.2. The summed E-state index contributed by atoms with van der Waals surface area (Å²) >= 11 is 0. The number of rotatable bonds is 6. The fourth-order valence-electron chi connectivity index (χ4n) is 1.18. The van der Waals surface area contributed by atoms with Crippen molar-refractivity contribution in [2.24, 2.45) is 0 Å². The van der Waals surface area contributed by atoms with Gasteiger partial charge in [0.1, 0.15) is 0 Å². The van der Waals surface area contributed by atoms with Crippen molar-refractivity contribution in [3.05, 3.63) is 18.2 Å². The van der Waals surface area contributed by atoms with E-state index in [4.69, 9.17) is 0 Å². The monoisotopic (exact) mass is 225 g/mol. The summed E-state index contributed by atoms with van der Waals surface area (Å²) in [6.07, 6.45) is 6.91. The van der Waals surface area contributed by atoms with E-state index < -0.39 is 0 Å². The molecule has 0 fully saturated rings. The Bertz CT molecular complexity index is 257. The van der Waals surface area contributed by atoms with Crippen molar-refractivity contribution in [3.63, 3.8) is 0 Å². The van der Waals surface area contributed by atoms with Crippen molar-refractivity contribution in [2.45, 2.75) is 46.5 Å². The lowest BCUT2D eigenvalue weighted by atomic mass is 10.2. The van der Waals surface area contributed by atoms with Crippen LogP contribution in [0.3, 0.4) is 0 Å². The molecule has 0 saturated heterocycles. The second-order valence-corrected chi connectivity index (χ2v) is 3.28. The first kappa shape index (κ1) is 14.7. The number of nitrogens with zero attached hydrogens (tertiary/aromatic N) is 1. The van der Waals surface area contributed by atoms with Gasteiger partial charge in [0.25, 0.3) is 0 Å². The van der Waals surface area contributed by atoms with E-state index in [1.54, 1.807) is 12.5 Å². The van der Waals surface area contributed by atoms with Crippen LogP contribution in [0, 0.1) is 0 Å². The Hall–Kier alpha value is -1.32. The van der Waals surface area contributed by atoms with Gasteiger partial charge in [-0.2, -0.15) is 0 Å². The number of imidazole rings is 1. The minimum Gasteiger partial charge on any atom is -0.356 e. The van der Waals surface area contributed by atoms with Crippen molar-refractivity contribution >= 4 is 5.91 Å². The molecule has 0 unspecified atom stereocenters. The van der Waals surface area contributed by atoms with E-state index in [0.29, 0.717) is 13.0 Å². The molecule has 1 aromatic heterocycles. The molecule has 0 saturated carbocycles. The predicted molar refractivity (Wildman–Crippen MR) is 66.2 cm³/mol. The fraction of sp³-hybridized carbons (Fsp3) is 0.667. The van der Waals surface area contributed by atoms with E-state index in [2.05, 4.69) is 22.2 Å². The summed E-state index contributed by atoms with van der Waals surface area (Å²) in [7, 11) is 0. The minimum atomic E-state index is 0.145. The maximum atomic E-state index is 11.2. The largest absolute Gasteiger partial charge is 0.356 e. The van der Waals surface area contributed by atoms with E-state index in [1.165, 1.54) is 0 Å². The van der Waals surface area contributed by atoms with Gasteiger partial charge in [-0.25, -0.2) is 4.98 Å². The van der Waals surface area contributed by atoms with Crippen LogP contribution in [0.1, 0.15) is 45.7 Å². The van der Waals surface area contributed by atoms with E-state index in [1.807, 2.05) is 13.8 Å². The first-order valence-electron chi connectivity index (χ1n) is 6.07. The van der Waals surface area contributed by atoms with Crippen LogP contribution in [0.4, 0.5) is 0 Å². The zero-order valence-corrected chi connectivity index (χ0v) is 10.5. The molecule has 0 aliphatic heterocycles. The van der Waals surface area contributed by atoms with E-state index in [9.17, 15) is 4.79 Å². The van der Waals surface area contributed by atoms with Gasteiger partial charge in [0.15, 0.2) is 0 Å². The molecule has 1 aromatic rings. The topological polar surface area (TPSA) is 57.8 Å². The molecule has 92 valence electrons. The summed E-state index contributed by atoms with van der Waals surface area (Å²) in [5.41, 5.74) is 1.06. The van der Waals surface area contributed by atoms with E-state index in [-0.39, 0.29) is 5.91 Å². The highest BCUT2D eigenvalue weighted by atomic mass is 16.1. The van der Waals surface area contributed by atoms with Gasteiger partial charge in [0.2, 0.25) is 5.91 Å². The number of hydrogen-bond acceptors (Lipinski definition) is 2. The highest BCUT2D eigenvalue weighted by molar-refractivity contribution is 5.75. The Balaban J connectivity index is 0.00000106. The van der Waals surface area contributed by atoms with Crippen molar-refractivity contribution in [3.8, 4) is 0 Å². The highest BCUT2D eigenvalue weighted by Gasteiger charge is 1.99. The number of nitrogens with one attached hydrogen (secondary N) is 2. The molecule has 4 heteroatoms. The molecular weight excluding hydrogens is 202 g/mol. The van der Waals surface area contributed by atoms with Crippen molar-refractivity contribution in [1.29, 1.82) is 0 Å². The van der Waals surface area contributed by atoms with Crippen LogP contribution in [0.15, 0.2) is 12.5 Å². The molecule has 0 aromatic carbocycles. The van der Waals surface area contributed by atoms with Crippen molar-refractivity contribution in [1.82, 2.24) is 15.3 Å². The third kappa shape index (κ3) is 7.04. The average Bonchev–Trinajstić information content (AvgIpc) is 2.82. The van der Waals surface area contributed by atoms with Gasteiger partial charge in [-0.05, 0) is 6.42 Å². The van der Waals surface area contributed by atoms with Crippen LogP contribution >= 0.6 is 0 Å². The van der Waals surface area contributed by atoms with Crippen LogP contribution in [-0.4, -0.2) is 22.4 Å². The first-order valence-corrected chi connectivity index (χ1v) is 6.07. The van der Waals surface area contributed by atoms with E-state index in [0.717, 1.165) is 25.0 Å². The van der Waals surface area contributed by atoms with Crippen molar-refractivity contribution < 1.29 is 4.79 Å². The lowest BCUT2D eigenvalue weighted by molar-refractivity contribution is -0.121. The lowest BCUT2D eigenvalue weighted by Gasteiger charge is -2.02. The summed E-state index contributed by atoms with van der Waals surface area (Å²) in [5.74, 6) is 0.145. The number of unbranched alkanes of at least 4 members (excludes halogenated alkanes) is 1. The van der Waals surface area contributed by atoms with Gasteiger partial charge in [-0.3, -0.25) is 4.79 Å². The lowest BCUT2D eigenvalue weighted by Crippen LogP contribution is -2.25. The SMILES string of the molecule is CC.CCCCC(=O)NCCc1cnc[nH]1. The third-order valence-electron chi connectivity index (χ3n) is 2.03. The number of aromatic amines is 1. The summed E-state index contributed by atoms with van der Waals surface area (Å²) in [4.78, 5) is 18.1. The highest BCUT2D eigenvalue weighted by Crippen LogP contribution is 1.94. The molecule has 1 rings (SSSR count). The van der Waals surface area contributed by atoms with Crippen LogP contribution in [0.2, 0.25) is 0 Å². The second-order valence-electron chi connectivity index (χ2n) is 3.28. The molecule has 0 bridgehead atoms.